The second kappa shape index (κ2) is 9.04. The highest BCUT2D eigenvalue weighted by molar-refractivity contribution is 6.30. The molecule has 132 valence electrons. The molecule has 0 radical (unpaired) electrons. The van der Waals surface area contributed by atoms with E-state index in [-0.39, 0.29) is 18.0 Å². The predicted octanol–water partition coefficient (Wildman–Crippen LogP) is 3.54. The third-order valence-corrected chi connectivity index (χ3v) is 4.69. The van der Waals surface area contributed by atoms with Crippen LogP contribution in [0.25, 0.3) is 0 Å². The number of halogens is 1. The molecule has 0 saturated heterocycles. The summed E-state index contributed by atoms with van der Waals surface area (Å²) in [4.78, 5) is 24.1. The topological polar surface area (TPSA) is 70.2 Å². The fourth-order valence-electron chi connectivity index (χ4n) is 2.99. The monoisotopic (exact) mass is 351 g/mol. The van der Waals surface area contributed by atoms with Gasteiger partial charge < -0.3 is 5.32 Å². The van der Waals surface area contributed by atoms with Crippen molar-refractivity contribution in [2.24, 2.45) is 0 Å². The molecule has 6 heteroatoms. The molecule has 2 atom stereocenters. The molecular weight excluding hydrogens is 326 g/mol. The van der Waals surface area contributed by atoms with Gasteiger partial charge in [-0.05, 0) is 44.4 Å². The maximum atomic E-state index is 12.2. The van der Waals surface area contributed by atoms with Crippen molar-refractivity contribution in [1.82, 2.24) is 16.0 Å². The van der Waals surface area contributed by atoms with E-state index in [2.05, 4.69) is 16.0 Å². The predicted molar refractivity (Wildman–Crippen MR) is 96.0 cm³/mol. The van der Waals surface area contributed by atoms with Gasteiger partial charge in [0.25, 0.3) is 0 Å². The summed E-state index contributed by atoms with van der Waals surface area (Å²) in [7, 11) is 0. The van der Waals surface area contributed by atoms with Gasteiger partial charge >= 0.3 is 6.03 Å². The summed E-state index contributed by atoms with van der Waals surface area (Å²) in [5.41, 5.74) is 1.03. The van der Waals surface area contributed by atoms with Crippen LogP contribution in [0.3, 0.4) is 0 Å². The van der Waals surface area contributed by atoms with Gasteiger partial charge in [-0.3, -0.25) is 15.4 Å². The summed E-state index contributed by atoms with van der Waals surface area (Å²) < 4.78 is 0. The lowest BCUT2D eigenvalue weighted by Crippen LogP contribution is -2.50. The van der Waals surface area contributed by atoms with Crippen molar-refractivity contribution in [1.29, 1.82) is 0 Å². The fraction of sp³-hybridized carbons (Fsp3) is 0.556. The van der Waals surface area contributed by atoms with E-state index < -0.39 is 12.1 Å². The van der Waals surface area contributed by atoms with Crippen LogP contribution in [0.5, 0.6) is 0 Å². The molecule has 0 aliphatic heterocycles. The fourth-order valence-corrected chi connectivity index (χ4v) is 3.11. The highest BCUT2D eigenvalue weighted by Gasteiger charge is 2.20. The number of benzene rings is 1. The van der Waals surface area contributed by atoms with Crippen LogP contribution in [0.1, 0.15) is 57.6 Å². The third kappa shape index (κ3) is 5.80. The number of hydrogen-bond donors (Lipinski definition) is 3. The first-order valence-corrected chi connectivity index (χ1v) is 8.96. The number of carbonyl (C=O) groups is 2. The zero-order valence-corrected chi connectivity index (χ0v) is 15.0. The quantitative estimate of drug-likeness (QED) is 0.760. The first kappa shape index (κ1) is 18.7. The average molecular weight is 352 g/mol. The standard InChI is InChI=1S/C18H26ClN3O2/c1-12(14-8-10-15(19)11-9-14)20-13(2)17(23)22-18(24)21-16-6-4-3-5-7-16/h8-13,16,20H,3-7H2,1-2H3,(H2,21,22,23,24)/t12-,13+/m0/s1. The molecule has 3 N–H and O–H groups in total. The van der Waals surface area contributed by atoms with Crippen molar-refractivity contribution >= 4 is 23.5 Å². The minimum absolute atomic E-state index is 0.0237. The Morgan fingerprint density at radius 1 is 1.08 bits per heavy atom. The van der Waals surface area contributed by atoms with Gasteiger partial charge in [0.2, 0.25) is 5.91 Å². The third-order valence-electron chi connectivity index (χ3n) is 4.44. The summed E-state index contributed by atoms with van der Waals surface area (Å²) in [5, 5.41) is 9.17. The SMILES string of the molecule is C[C@H](N[C@H](C)C(=O)NC(=O)NC1CCCCC1)c1ccc(Cl)cc1. The molecule has 5 nitrogen and oxygen atoms in total. The minimum atomic E-state index is -0.479. The van der Waals surface area contributed by atoms with Gasteiger partial charge in [0.05, 0.1) is 6.04 Å². The van der Waals surface area contributed by atoms with Gasteiger partial charge in [-0.25, -0.2) is 4.79 Å². The van der Waals surface area contributed by atoms with E-state index in [0.717, 1.165) is 31.2 Å². The van der Waals surface area contributed by atoms with E-state index in [9.17, 15) is 9.59 Å². The highest BCUT2D eigenvalue weighted by atomic mass is 35.5. The molecule has 1 aromatic rings. The minimum Gasteiger partial charge on any atom is -0.335 e. The number of nitrogens with one attached hydrogen (secondary N) is 3. The van der Waals surface area contributed by atoms with Crippen LogP contribution in [-0.4, -0.2) is 24.0 Å². The maximum Gasteiger partial charge on any atom is 0.321 e. The number of rotatable bonds is 5. The molecule has 1 aliphatic carbocycles. The zero-order chi connectivity index (χ0) is 17.5. The maximum absolute atomic E-state index is 12.2. The first-order chi connectivity index (χ1) is 11.5. The van der Waals surface area contributed by atoms with Crippen molar-refractivity contribution < 1.29 is 9.59 Å². The molecular formula is C18H26ClN3O2. The van der Waals surface area contributed by atoms with Crippen LogP contribution in [0, 0.1) is 0 Å². The van der Waals surface area contributed by atoms with E-state index in [4.69, 9.17) is 11.6 Å². The molecule has 1 aromatic carbocycles. The smallest absolute Gasteiger partial charge is 0.321 e. The Kier molecular flexibility index (Phi) is 7.06. The molecule has 1 fully saturated rings. The molecule has 3 amide bonds. The summed E-state index contributed by atoms with van der Waals surface area (Å²) in [6.45, 7) is 3.71. The van der Waals surface area contributed by atoms with Gasteiger partial charge in [0.15, 0.2) is 0 Å². The molecule has 0 spiro atoms. The van der Waals surface area contributed by atoms with Crippen LogP contribution in [-0.2, 0) is 4.79 Å². The van der Waals surface area contributed by atoms with Crippen molar-refractivity contribution in [3.8, 4) is 0 Å². The van der Waals surface area contributed by atoms with Gasteiger partial charge in [0.1, 0.15) is 0 Å². The molecule has 24 heavy (non-hydrogen) atoms. The second-order valence-electron chi connectivity index (χ2n) is 6.46. The van der Waals surface area contributed by atoms with Crippen LogP contribution in [0.2, 0.25) is 5.02 Å². The van der Waals surface area contributed by atoms with E-state index in [0.29, 0.717) is 5.02 Å². The Labute approximate surface area is 148 Å². The molecule has 0 bridgehead atoms. The molecule has 1 saturated carbocycles. The number of imide groups is 1. The molecule has 0 heterocycles. The summed E-state index contributed by atoms with van der Waals surface area (Å²) >= 11 is 5.88. The van der Waals surface area contributed by atoms with Crippen molar-refractivity contribution in [2.75, 3.05) is 0 Å². The zero-order valence-electron chi connectivity index (χ0n) is 14.3. The Balaban J connectivity index is 1.78. The van der Waals surface area contributed by atoms with Crippen molar-refractivity contribution in [3.05, 3.63) is 34.9 Å². The molecule has 2 rings (SSSR count). The van der Waals surface area contributed by atoms with Crippen LogP contribution >= 0.6 is 11.6 Å². The number of carbonyl (C=O) groups excluding carboxylic acids is 2. The van der Waals surface area contributed by atoms with Crippen molar-refractivity contribution in [2.45, 2.75) is 64.1 Å². The van der Waals surface area contributed by atoms with Crippen LogP contribution in [0.15, 0.2) is 24.3 Å². The van der Waals surface area contributed by atoms with E-state index >= 15 is 0 Å². The first-order valence-electron chi connectivity index (χ1n) is 8.58. The van der Waals surface area contributed by atoms with Crippen LogP contribution in [0.4, 0.5) is 4.79 Å². The average Bonchev–Trinajstić information content (AvgIpc) is 2.56. The Hall–Kier alpha value is -1.59. The van der Waals surface area contributed by atoms with Gasteiger partial charge in [-0.2, -0.15) is 0 Å². The number of urea groups is 1. The highest BCUT2D eigenvalue weighted by Crippen LogP contribution is 2.17. The molecule has 1 aliphatic rings. The summed E-state index contributed by atoms with van der Waals surface area (Å²) in [5.74, 6) is -0.330. The van der Waals surface area contributed by atoms with Crippen LogP contribution < -0.4 is 16.0 Å². The van der Waals surface area contributed by atoms with E-state index in [1.165, 1.54) is 6.42 Å². The lowest BCUT2D eigenvalue weighted by Gasteiger charge is -2.24. The molecule has 0 unspecified atom stereocenters. The van der Waals surface area contributed by atoms with E-state index in [1.807, 2.05) is 31.2 Å². The Morgan fingerprint density at radius 3 is 2.33 bits per heavy atom. The lowest BCUT2D eigenvalue weighted by atomic mass is 9.96. The van der Waals surface area contributed by atoms with E-state index in [1.54, 1.807) is 6.92 Å². The van der Waals surface area contributed by atoms with Gasteiger partial charge in [0, 0.05) is 17.1 Å². The number of amides is 3. The largest absolute Gasteiger partial charge is 0.335 e. The Bertz CT molecular complexity index is 556. The second-order valence-corrected chi connectivity index (χ2v) is 6.90. The normalized spacial score (nSPS) is 17.8. The van der Waals surface area contributed by atoms with Crippen molar-refractivity contribution in [3.63, 3.8) is 0 Å². The number of hydrogen-bond acceptors (Lipinski definition) is 3. The lowest BCUT2D eigenvalue weighted by molar-refractivity contribution is -0.121. The van der Waals surface area contributed by atoms with Gasteiger partial charge in [-0.15, -0.1) is 0 Å². The Morgan fingerprint density at radius 2 is 1.71 bits per heavy atom. The summed E-state index contributed by atoms with van der Waals surface area (Å²) in [6.07, 6.45) is 5.47. The van der Waals surface area contributed by atoms with Gasteiger partial charge in [-0.1, -0.05) is 43.0 Å². The summed E-state index contributed by atoms with van der Waals surface area (Å²) in [6, 6.07) is 6.75. The molecule has 0 aromatic heterocycles.